The van der Waals surface area contributed by atoms with Crippen molar-refractivity contribution in [1.82, 2.24) is 5.32 Å². The molecule has 2 rings (SSSR count). The van der Waals surface area contributed by atoms with Crippen LogP contribution in [-0.2, 0) is 23.7 Å². The van der Waals surface area contributed by atoms with Gasteiger partial charge in [0, 0.05) is 6.42 Å². The molecule has 494 valence electrons. The summed E-state index contributed by atoms with van der Waals surface area (Å²) in [5.74, 6) is -0.263. The molecular weight excluding hydrogens is 1090 g/mol. The molecule has 0 spiro atoms. The van der Waals surface area contributed by atoms with E-state index < -0.39 is 86.8 Å². The van der Waals surface area contributed by atoms with Gasteiger partial charge in [0.2, 0.25) is 5.91 Å². The third kappa shape index (κ3) is 39.6. The van der Waals surface area contributed by atoms with Crippen molar-refractivity contribution >= 4 is 5.91 Å². The molecule has 0 aromatic rings. The number of rotatable bonds is 54. The van der Waals surface area contributed by atoms with E-state index in [9.17, 15) is 45.6 Å². The molecule has 14 heteroatoms. The zero-order valence-electron chi connectivity index (χ0n) is 53.5. The molecule has 86 heavy (non-hydrogen) atoms. The number of aliphatic hydroxyl groups excluding tert-OH is 8. The van der Waals surface area contributed by atoms with Crippen molar-refractivity contribution < 1.29 is 64.6 Å². The minimum absolute atomic E-state index is 0.254. The number of ether oxygens (including phenoxy) is 4. The highest BCUT2D eigenvalue weighted by Gasteiger charge is 2.51. The number of aliphatic hydroxyl groups is 8. The lowest BCUT2D eigenvalue weighted by atomic mass is 9.97. The Bertz CT molecular complexity index is 1860. The Morgan fingerprint density at radius 3 is 1.28 bits per heavy atom. The zero-order valence-corrected chi connectivity index (χ0v) is 53.5. The van der Waals surface area contributed by atoms with Crippen molar-refractivity contribution in [2.75, 3.05) is 19.8 Å². The van der Waals surface area contributed by atoms with E-state index >= 15 is 0 Å². The van der Waals surface area contributed by atoms with Crippen LogP contribution in [-0.4, -0.2) is 140 Å². The number of hydrogen-bond donors (Lipinski definition) is 9. The van der Waals surface area contributed by atoms with E-state index in [1.807, 2.05) is 6.08 Å². The quantitative estimate of drug-likeness (QED) is 0.0204. The van der Waals surface area contributed by atoms with Gasteiger partial charge in [-0.3, -0.25) is 4.79 Å². The van der Waals surface area contributed by atoms with Crippen LogP contribution in [0.4, 0.5) is 0 Å². The Hall–Kier alpha value is -3.35. The molecule has 0 radical (unpaired) electrons. The molecular formula is C72H123NO13. The van der Waals surface area contributed by atoms with Gasteiger partial charge in [0.15, 0.2) is 12.6 Å². The van der Waals surface area contributed by atoms with Crippen LogP contribution in [0.15, 0.2) is 109 Å². The van der Waals surface area contributed by atoms with Gasteiger partial charge in [-0.25, -0.2) is 0 Å². The van der Waals surface area contributed by atoms with Crippen LogP contribution in [0.2, 0.25) is 0 Å². The van der Waals surface area contributed by atoms with Crippen LogP contribution in [0.1, 0.15) is 245 Å². The number of hydrogen-bond acceptors (Lipinski definition) is 13. The first-order valence-corrected chi connectivity index (χ1v) is 34.1. The molecule has 12 unspecified atom stereocenters. The molecule has 2 saturated heterocycles. The fraction of sp³-hybridized carbons (Fsp3) is 0.736. The summed E-state index contributed by atoms with van der Waals surface area (Å²) in [6.45, 7) is 2.67. The highest BCUT2D eigenvalue weighted by molar-refractivity contribution is 5.76. The summed E-state index contributed by atoms with van der Waals surface area (Å²) in [4.78, 5) is 13.3. The Morgan fingerprint density at radius 2 is 0.814 bits per heavy atom. The first kappa shape index (κ1) is 78.7. The minimum atomic E-state index is -1.80. The number of carbonyl (C=O) groups excluding carboxylic acids is 1. The second kappa shape index (κ2) is 55.7. The fourth-order valence-corrected chi connectivity index (χ4v) is 10.5. The minimum Gasteiger partial charge on any atom is -0.394 e. The summed E-state index contributed by atoms with van der Waals surface area (Å²) < 4.78 is 22.8. The number of amides is 1. The Kier molecular flexibility index (Phi) is 51.0. The lowest BCUT2D eigenvalue weighted by Gasteiger charge is -2.46. The topological polar surface area (TPSA) is 228 Å². The molecule has 2 aliphatic heterocycles. The Labute approximate surface area is 521 Å². The number of carbonyl (C=O) groups is 1. The molecule has 12 atom stereocenters. The summed E-state index contributed by atoms with van der Waals surface area (Å²) in [6, 6.07) is -0.947. The predicted molar refractivity (Wildman–Crippen MR) is 350 cm³/mol. The predicted octanol–water partition coefficient (Wildman–Crippen LogP) is 13.6. The molecule has 1 amide bonds. The summed E-state index contributed by atoms with van der Waals surface area (Å²) >= 11 is 0. The van der Waals surface area contributed by atoms with Crippen molar-refractivity contribution in [2.45, 2.75) is 319 Å². The van der Waals surface area contributed by atoms with E-state index in [0.717, 1.165) is 103 Å². The highest BCUT2D eigenvalue weighted by Crippen LogP contribution is 2.30. The van der Waals surface area contributed by atoms with Gasteiger partial charge in [0.25, 0.3) is 0 Å². The average molecular weight is 1210 g/mol. The van der Waals surface area contributed by atoms with Crippen LogP contribution in [0.3, 0.4) is 0 Å². The van der Waals surface area contributed by atoms with Gasteiger partial charge in [-0.2, -0.15) is 0 Å². The van der Waals surface area contributed by atoms with Crippen LogP contribution >= 0.6 is 0 Å². The molecule has 2 aliphatic rings. The molecule has 0 bridgehead atoms. The van der Waals surface area contributed by atoms with E-state index in [1.165, 1.54) is 109 Å². The molecule has 0 aromatic carbocycles. The van der Waals surface area contributed by atoms with Gasteiger partial charge in [0.1, 0.15) is 48.8 Å². The molecule has 0 aromatic heterocycles. The normalized spacial score (nSPS) is 24.1. The number of nitrogens with one attached hydrogen (secondary N) is 1. The van der Waals surface area contributed by atoms with Crippen molar-refractivity contribution in [1.29, 1.82) is 0 Å². The number of unbranched alkanes of at least 4 members (excludes halogenated alkanes) is 25. The SMILES string of the molecule is CC/C=C\C/C=C\C/C=C\C/C=C\C/C=C\C/C=C\C/C=C\CCCCCCCCCC(=O)NC(COC1OC(CO)C(OC2OC(CO)C(O)C(O)C2O)C(O)C1O)C(O)/C=C/CC/C=C/CCCCCCCCCCCCCCCCCCC. The maximum absolute atomic E-state index is 13.3. The van der Waals surface area contributed by atoms with Crippen molar-refractivity contribution in [3.05, 3.63) is 109 Å². The van der Waals surface area contributed by atoms with Gasteiger partial charge in [-0.1, -0.05) is 258 Å². The van der Waals surface area contributed by atoms with Crippen molar-refractivity contribution in [3.63, 3.8) is 0 Å². The second-order valence-corrected chi connectivity index (χ2v) is 23.6. The average Bonchev–Trinajstić information content (AvgIpc) is 2.53. The van der Waals surface area contributed by atoms with E-state index in [2.05, 4.69) is 116 Å². The molecule has 2 heterocycles. The fourth-order valence-electron chi connectivity index (χ4n) is 10.5. The van der Waals surface area contributed by atoms with Crippen LogP contribution in [0.5, 0.6) is 0 Å². The first-order valence-electron chi connectivity index (χ1n) is 34.1. The second-order valence-electron chi connectivity index (χ2n) is 23.6. The summed E-state index contributed by atoms with van der Waals surface area (Å²) in [6.07, 6.45) is 62.7. The third-order valence-corrected chi connectivity index (χ3v) is 15.9. The van der Waals surface area contributed by atoms with Gasteiger partial charge in [0.05, 0.1) is 32.0 Å². The van der Waals surface area contributed by atoms with E-state index in [-0.39, 0.29) is 18.9 Å². The molecule has 2 fully saturated rings. The van der Waals surface area contributed by atoms with Gasteiger partial charge < -0.3 is 65.1 Å². The van der Waals surface area contributed by atoms with Crippen molar-refractivity contribution in [2.24, 2.45) is 0 Å². The zero-order chi connectivity index (χ0) is 62.3. The molecule has 0 saturated carbocycles. The first-order chi connectivity index (χ1) is 42.1. The Morgan fingerprint density at radius 1 is 0.430 bits per heavy atom. The van der Waals surface area contributed by atoms with Crippen LogP contribution in [0.25, 0.3) is 0 Å². The molecule has 14 nitrogen and oxygen atoms in total. The largest absolute Gasteiger partial charge is 0.394 e. The smallest absolute Gasteiger partial charge is 0.220 e. The van der Waals surface area contributed by atoms with Gasteiger partial charge in [-0.05, 0) is 89.9 Å². The van der Waals surface area contributed by atoms with Gasteiger partial charge in [-0.15, -0.1) is 0 Å². The van der Waals surface area contributed by atoms with Crippen molar-refractivity contribution in [3.8, 4) is 0 Å². The molecule has 0 aliphatic carbocycles. The lowest BCUT2D eigenvalue weighted by Crippen LogP contribution is -2.65. The van der Waals surface area contributed by atoms with Crippen LogP contribution < -0.4 is 5.32 Å². The van der Waals surface area contributed by atoms with E-state index in [1.54, 1.807) is 6.08 Å². The van der Waals surface area contributed by atoms with E-state index in [4.69, 9.17) is 18.9 Å². The molecule has 9 N–H and O–H groups in total. The van der Waals surface area contributed by atoms with E-state index in [0.29, 0.717) is 12.8 Å². The summed E-state index contributed by atoms with van der Waals surface area (Å²) in [5, 5.41) is 87.4. The summed E-state index contributed by atoms with van der Waals surface area (Å²) in [5.41, 5.74) is 0. The monoisotopic (exact) mass is 1210 g/mol. The summed E-state index contributed by atoms with van der Waals surface area (Å²) in [7, 11) is 0. The highest BCUT2D eigenvalue weighted by atomic mass is 16.7. The Balaban J connectivity index is 1.73. The van der Waals surface area contributed by atoms with Gasteiger partial charge >= 0.3 is 0 Å². The maximum atomic E-state index is 13.3. The third-order valence-electron chi connectivity index (χ3n) is 15.9. The van der Waals surface area contributed by atoms with Crippen LogP contribution in [0, 0.1) is 0 Å². The number of allylic oxidation sites excluding steroid dienone is 17. The standard InChI is InChI=1S/C72H123NO13/c1-3-5-7-9-11-13-15-17-19-21-23-25-27-28-29-30-31-32-34-36-38-40-42-44-46-48-50-52-54-56-64(77)73-60(59-83-71-69(82)67(80)70(63(58-75)85-71)86-72-68(81)66(79)65(78)62(57-74)84-72)61(76)55-53-51-49-47-45-43-41-39-37-35-33-26-24-22-20-18-16-14-12-10-8-6-4-2/h5,7,11,13,17,19,23,25,28-29,31-32,36,38,45,47,53,55,60-63,65-72,74-76,78-82H,3-4,6,8-10,12,14-16,18,20-22,24,26-27,30,33-35,37,39-44,46,48-52,54,56-59H2,1-2H3,(H,73,77)/b7-5-,13-11-,19-17-,25-23-,29-28-,32-31-,38-36-,47-45+,55-53+. The maximum Gasteiger partial charge on any atom is 0.220 e. The lowest BCUT2D eigenvalue weighted by molar-refractivity contribution is -0.359.